The average Bonchev–Trinajstić information content (AvgIpc) is 2.84. The summed E-state index contributed by atoms with van der Waals surface area (Å²) in [4.78, 5) is 41.5. The summed E-state index contributed by atoms with van der Waals surface area (Å²) in [5, 5.41) is 12.1. The highest BCUT2D eigenvalue weighted by molar-refractivity contribution is 6.05. The molecule has 4 rings (SSSR count). The van der Waals surface area contributed by atoms with Gasteiger partial charge in [0.15, 0.2) is 0 Å². The van der Waals surface area contributed by atoms with Gasteiger partial charge in [0.2, 0.25) is 5.91 Å². The Morgan fingerprint density at radius 3 is 2.21 bits per heavy atom. The zero-order valence-corrected chi connectivity index (χ0v) is 18.4. The van der Waals surface area contributed by atoms with Gasteiger partial charge in [-0.15, -0.1) is 0 Å². The van der Waals surface area contributed by atoms with Gasteiger partial charge in [-0.2, -0.15) is 0 Å². The normalized spacial score (nSPS) is 20.9. The lowest BCUT2D eigenvalue weighted by molar-refractivity contribution is -0.147. The van der Waals surface area contributed by atoms with Gasteiger partial charge in [0, 0.05) is 31.9 Å². The van der Waals surface area contributed by atoms with E-state index in [-0.39, 0.29) is 11.3 Å². The number of halogens is 1. The number of nitrogens with zero attached hydrogens (tertiary/aromatic N) is 2. The lowest BCUT2D eigenvalue weighted by atomic mass is 9.78. The molecule has 0 bridgehead atoms. The van der Waals surface area contributed by atoms with Crippen molar-refractivity contribution in [3.63, 3.8) is 0 Å². The monoisotopic (exact) mass is 453 g/mol. The van der Waals surface area contributed by atoms with Crippen molar-refractivity contribution in [3.8, 4) is 0 Å². The van der Waals surface area contributed by atoms with Crippen molar-refractivity contribution in [3.05, 3.63) is 59.9 Å². The number of para-hydroxylation sites is 1. The summed E-state index contributed by atoms with van der Waals surface area (Å²) in [6.07, 6.45) is 2.43. The predicted octanol–water partition coefficient (Wildman–Crippen LogP) is 3.62. The fourth-order valence-corrected chi connectivity index (χ4v) is 4.78. The lowest BCUT2D eigenvalue weighted by Gasteiger charge is -2.36. The minimum atomic E-state index is -0.998. The maximum Gasteiger partial charge on any atom is 0.307 e. The van der Waals surface area contributed by atoms with Crippen LogP contribution in [0.4, 0.5) is 15.8 Å². The van der Waals surface area contributed by atoms with E-state index in [2.05, 4.69) is 10.2 Å². The first-order valence-corrected chi connectivity index (χ1v) is 11.4. The molecule has 2 fully saturated rings. The van der Waals surface area contributed by atoms with E-state index in [1.54, 1.807) is 4.90 Å². The Morgan fingerprint density at radius 1 is 0.879 bits per heavy atom. The van der Waals surface area contributed by atoms with Crippen molar-refractivity contribution in [2.45, 2.75) is 25.7 Å². The number of piperazine rings is 1. The number of carbonyl (C=O) groups is 3. The van der Waals surface area contributed by atoms with Crippen molar-refractivity contribution >= 4 is 29.2 Å². The zero-order chi connectivity index (χ0) is 23.4. The Bertz CT molecular complexity index is 1020. The van der Waals surface area contributed by atoms with Crippen LogP contribution in [0.1, 0.15) is 36.0 Å². The number of carboxylic acids is 1. The summed E-state index contributed by atoms with van der Waals surface area (Å²) >= 11 is 0. The fraction of sp³-hybridized carbons (Fsp3) is 0.400. The van der Waals surface area contributed by atoms with E-state index in [9.17, 15) is 23.9 Å². The van der Waals surface area contributed by atoms with E-state index in [4.69, 9.17) is 0 Å². The molecule has 8 heteroatoms. The molecule has 0 aromatic heterocycles. The van der Waals surface area contributed by atoms with Gasteiger partial charge in [-0.1, -0.05) is 37.1 Å². The van der Waals surface area contributed by atoms with Gasteiger partial charge >= 0.3 is 5.97 Å². The van der Waals surface area contributed by atoms with Crippen LogP contribution in [0.15, 0.2) is 48.5 Å². The third-order valence-corrected chi connectivity index (χ3v) is 6.59. The van der Waals surface area contributed by atoms with Crippen LogP contribution in [0.5, 0.6) is 0 Å². The number of hydrogen-bond acceptors (Lipinski definition) is 4. The molecular weight excluding hydrogens is 425 g/mol. The molecule has 2 N–H and O–H groups in total. The summed E-state index contributed by atoms with van der Waals surface area (Å²) in [5.74, 6) is -4.12. The summed E-state index contributed by atoms with van der Waals surface area (Å²) < 4.78 is 14.8. The Kier molecular flexibility index (Phi) is 6.91. The predicted molar refractivity (Wildman–Crippen MR) is 123 cm³/mol. The number of amides is 2. The smallest absolute Gasteiger partial charge is 0.307 e. The highest BCUT2D eigenvalue weighted by atomic mass is 19.1. The molecule has 0 unspecified atom stereocenters. The van der Waals surface area contributed by atoms with E-state index in [1.165, 1.54) is 18.2 Å². The van der Waals surface area contributed by atoms with Crippen molar-refractivity contribution in [2.75, 3.05) is 36.4 Å². The standard InChI is InChI=1S/C25H28FN3O4/c26-20-11-6-12-21(27-23(30)18-9-4-5-10-19(18)25(32)33)22(20)24(31)29-15-13-28(14-16-29)17-7-2-1-3-8-17/h1-3,6-8,11-12,18-19H,4-5,9-10,13-16H2,(H,27,30)(H,32,33)/t18-,19+/m0/s1. The van der Waals surface area contributed by atoms with Gasteiger partial charge < -0.3 is 20.2 Å². The van der Waals surface area contributed by atoms with E-state index >= 15 is 0 Å². The molecule has 2 aromatic rings. The summed E-state index contributed by atoms with van der Waals surface area (Å²) in [7, 11) is 0. The number of benzene rings is 2. The van der Waals surface area contributed by atoms with Crippen molar-refractivity contribution in [1.82, 2.24) is 4.90 Å². The zero-order valence-electron chi connectivity index (χ0n) is 18.4. The number of aliphatic carboxylic acids is 1. The molecule has 1 saturated heterocycles. The van der Waals surface area contributed by atoms with E-state index < -0.39 is 35.4 Å². The highest BCUT2D eigenvalue weighted by Gasteiger charge is 2.36. The van der Waals surface area contributed by atoms with Crippen LogP contribution >= 0.6 is 0 Å². The molecule has 7 nitrogen and oxygen atoms in total. The molecule has 1 heterocycles. The molecule has 33 heavy (non-hydrogen) atoms. The first-order valence-electron chi connectivity index (χ1n) is 11.4. The quantitative estimate of drug-likeness (QED) is 0.722. The van der Waals surface area contributed by atoms with Crippen LogP contribution in [-0.4, -0.2) is 54.0 Å². The number of rotatable bonds is 5. The van der Waals surface area contributed by atoms with E-state index in [0.29, 0.717) is 39.0 Å². The van der Waals surface area contributed by atoms with Crippen LogP contribution in [0.3, 0.4) is 0 Å². The van der Waals surface area contributed by atoms with Crippen molar-refractivity contribution in [1.29, 1.82) is 0 Å². The maximum absolute atomic E-state index is 14.8. The maximum atomic E-state index is 14.8. The topological polar surface area (TPSA) is 90.0 Å². The molecular formula is C25H28FN3O4. The molecule has 0 radical (unpaired) electrons. The molecule has 0 spiro atoms. The van der Waals surface area contributed by atoms with Crippen LogP contribution in [-0.2, 0) is 9.59 Å². The molecule has 1 aliphatic carbocycles. The molecule has 2 atom stereocenters. The Balaban J connectivity index is 1.48. The first-order chi connectivity index (χ1) is 16.0. The average molecular weight is 454 g/mol. The second-order valence-corrected chi connectivity index (χ2v) is 8.60. The molecule has 1 saturated carbocycles. The third kappa shape index (κ3) is 4.99. The SMILES string of the molecule is O=C(Nc1cccc(F)c1C(=O)N1CCN(c2ccccc2)CC1)[C@H]1CCCC[C@H]1C(=O)O. The number of carbonyl (C=O) groups excluding carboxylic acids is 2. The van der Waals surface area contributed by atoms with E-state index in [1.807, 2.05) is 30.3 Å². The minimum absolute atomic E-state index is 0.0881. The minimum Gasteiger partial charge on any atom is -0.481 e. The summed E-state index contributed by atoms with van der Waals surface area (Å²) in [6, 6.07) is 14.0. The van der Waals surface area contributed by atoms with Gasteiger partial charge in [0.1, 0.15) is 5.82 Å². The number of anilines is 2. The largest absolute Gasteiger partial charge is 0.481 e. The first kappa shape index (κ1) is 22.8. The Hall–Kier alpha value is -3.42. The Morgan fingerprint density at radius 2 is 1.55 bits per heavy atom. The van der Waals surface area contributed by atoms with Crippen LogP contribution in [0.25, 0.3) is 0 Å². The molecule has 174 valence electrons. The van der Waals surface area contributed by atoms with Crippen molar-refractivity contribution < 1.29 is 23.9 Å². The Labute approximate surface area is 192 Å². The second-order valence-electron chi connectivity index (χ2n) is 8.60. The van der Waals surface area contributed by atoms with Crippen LogP contribution < -0.4 is 10.2 Å². The second kappa shape index (κ2) is 10.0. The van der Waals surface area contributed by atoms with Gasteiger partial charge in [-0.3, -0.25) is 14.4 Å². The number of nitrogens with one attached hydrogen (secondary N) is 1. The highest BCUT2D eigenvalue weighted by Crippen LogP contribution is 2.32. The molecule has 1 aliphatic heterocycles. The molecule has 2 amide bonds. The third-order valence-electron chi connectivity index (χ3n) is 6.59. The van der Waals surface area contributed by atoms with Gasteiger partial charge in [-0.05, 0) is 37.1 Å². The van der Waals surface area contributed by atoms with Crippen LogP contribution in [0.2, 0.25) is 0 Å². The van der Waals surface area contributed by atoms with E-state index in [0.717, 1.165) is 18.5 Å². The number of hydrogen-bond donors (Lipinski definition) is 2. The van der Waals surface area contributed by atoms with Gasteiger partial charge in [0.05, 0.1) is 23.1 Å². The van der Waals surface area contributed by atoms with Gasteiger partial charge in [0.25, 0.3) is 5.91 Å². The summed E-state index contributed by atoms with van der Waals surface area (Å²) in [5.41, 5.74) is 0.982. The molecule has 2 aliphatic rings. The lowest BCUT2D eigenvalue weighted by Crippen LogP contribution is -2.49. The van der Waals surface area contributed by atoms with Gasteiger partial charge in [-0.25, -0.2) is 4.39 Å². The molecule has 2 aromatic carbocycles. The summed E-state index contributed by atoms with van der Waals surface area (Å²) in [6.45, 7) is 2.10. The number of carboxylic acid groups (broad SMARTS) is 1. The fourth-order valence-electron chi connectivity index (χ4n) is 4.78. The van der Waals surface area contributed by atoms with Crippen LogP contribution in [0, 0.1) is 17.7 Å². The van der Waals surface area contributed by atoms with Crippen molar-refractivity contribution in [2.24, 2.45) is 11.8 Å².